The molecule has 0 radical (unpaired) electrons. The maximum atomic E-state index is 5.55. The Balaban J connectivity index is 1.24. The fourth-order valence-electron chi connectivity index (χ4n) is 11.4. The first-order chi connectivity index (χ1) is 28.3. The second kappa shape index (κ2) is 10.5. The average molecular weight is 723 g/mol. The molecule has 14 rings (SSSR count). The molecule has 5 heterocycles. The summed E-state index contributed by atoms with van der Waals surface area (Å²) in [5, 5.41) is 0. The lowest BCUT2D eigenvalue weighted by atomic mass is 9.28. The Morgan fingerprint density at radius 2 is 1.00 bits per heavy atom. The number of hydrogen-bond donors (Lipinski definition) is 0. The largest absolute Gasteiger partial charge is 0.311 e. The molecular weight excluding hydrogens is 691 g/mol. The topological polar surface area (TPSA) is 25.5 Å². The van der Waals surface area contributed by atoms with E-state index in [1.807, 2.05) is 0 Å². The summed E-state index contributed by atoms with van der Waals surface area (Å²) in [5.41, 5.74) is 23.3. The van der Waals surface area contributed by atoms with Gasteiger partial charge in [-0.25, -0.2) is 4.98 Å². The van der Waals surface area contributed by atoms with Crippen molar-refractivity contribution in [2.45, 2.75) is 5.41 Å². The first-order valence-corrected chi connectivity index (χ1v) is 19.9. The molecule has 1 aliphatic carbocycles. The van der Waals surface area contributed by atoms with Crippen LogP contribution in [0.1, 0.15) is 22.3 Å². The van der Waals surface area contributed by atoms with Gasteiger partial charge in [0, 0.05) is 33.9 Å². The molecule has 262 valence electrons. The van der Waals surface area contributed by atoms with Crippen LogP contribution in [0.5, 0.6) is 0 Å². The molecule has 0 fully saturated rings. The summed E-state index contributed by atoms with van der Waals surface area (Å²) in [4.78, 5) is 8.07. The molecule has 57 heavy (non-hydrogen) atoms. The Bertz CT molecular complexity index is 3320. The number of rotatable bonds is 3. The molecule has 0 N–H and O–H groups in total. The van der Waals surface area contributed by atoms with Gasteiger partial charge in [0.1, 0.15) is 11.5 Å². The van der Waals surface area contributed by atoms with Crippen molar-refractivity contribution in [1.82, 2.24) is 14.0 Å². The highest BCUT2D eigenvalue weighted by molar-refractivity contribution is 7.01. The number of fused-ring (bicyclic) bond motifs is 11. The molecular formula is C52H31BN4. The molecule has 8 aromatic carbocycles. The molecule has 0 saturated heterocycles. The van der Waals surface area contributed by atoms with E-state index in [1.54, 1.807) is 0 Å². The summed E-state index contributed by atoms with van der Waals surface area (Å²) in [6, 6.07) is 69.6. The fraction of sp³-hybridized carbons (Fsp3) is 0.0192. The van der Waals surface area contributed by atoms with Gasteiger partial charge in [0.05, 0.1) is 16.4 Å². The van der Waals surface area contributed by atoms with Gasteiger partial charge in [-0.05, 0) is 86.2 Å². The van der Waals surface area contributed by atoms with Crippen LogP contribution >= 0.6 is 0 Å². The summed E-state index contributed by atoms with van der Waals surface area (Å²) < 4.78 is 5.03. The molecule has 0 unspecified atom stereocenters. The number of anilines is 3. The van der Waals surface area contributed by atoms with Gasteiger partial charge in [0.25, 0.3) is 6.71 Å². The lowest BCUT2D eigenvalue weighted by molar-refractivity contribution is 0.775. The third kappa shape index (κ3) is 3.43. The molecule has 4 aliphatic rings. The van der Waals surface area contributed by atoms with Crippen LogP contribution in [0, 0.1) is 0 Å². The molecule has 2 aromatic heterocycles. The molecule has 0 saturated carbocycles. The van der Waals surface area contributed by atoms with Gasteiger partial charge >= 0.3 is 0 Å². The second-order valence-electron chi connectivity index (χ2n) is 15.8. The normalized spacial score (nSPS) is 14.4. The van der Waals surface area contributed by atoms with E-state index >= 15 is 0 Å². The number of para-hydroxylation sites is 1. The van der Waals surface area contributed by atoms with Crippen LogP contribution in [0.3, 0.4) is 0 Å². The lowest BCUT2D eigenvalue weighted by Gasteiger charge is -2.49. The zero-order valence-electron chi connectivity index (χ0n) is 30.8. The van der Waals surface area contributed by atoms with E-state index < -0.39 is 5.41 Å². The van der Waals surface area contributed by atoms with Crippen molar-refractivity contribution >= 4 is 56.8 Å². The maximum Gasteiger partial charge on any atom is 0.253 e. The summed E-state index contributed by atoms with van der Waals surface area (Å²) in [6.07, 6.45) is 0. The molecule has 4 nitrogen and oxygen atoms in total. The van der Waals surface area contributed by atoms with Crippen molar-refractivity contribution in [3.63, 3.8) is 0 Å². The van der Waals surface area contributed by atoms with Gasteiger partial charge < -0.3 is 4.90 Å². The van der Waals surface area contributed by atoms with Gasteiger partial charge in [0.15, 0.2) is 5.65 Å². The van der Waals surface area contributed by atoms with E-state index in [-0.39, 0.29) is 6.71 Å². The van der Waals surface area contributed by atoms with Crippen molar-refractivity contribution in [1.29, 1.82) is 0 Å². The fourth-order valence-corrected chi connectivity index (χ4v) is 11.4. The van der Waals surface area contributed by atoms with E-state index in [2.05, 4.69) is 202 Å². The van der Waals surface area contributed by atoms with Gasteiger partial charge in [-0.15, -0.1) is 0 Å². The zero-order chi connectivity index (χ0) is 37.0. The monoisotopic (exact) mass is 722 g/mol. The highest BCUT2D eigenvalue weighted by Gasteiger charge is 2.57. The summed E-state index contributed by atoms with van der Waals surface area (Å²) in [7, 11) is 0. The predicted octanol–water partition coefficient (Wildman–Crippen LogP) is 9.90. The van der Waals surface area contributed by atoms with Crippen LogP contribution < -0.4 is 21.3 Å². The van der Waals surface area contributed by atoms with Crippen LogP contribution in [0.15, 0.2) is 188 Å². The standard InChI is InChI=1S/C52H31BN4/c1-4-16-32(17-5-1)48-51-56-43-29-15-28-42-47(43)53-45-39(26-14-27-41(45)55(42)34-20-8-3-9-21-34)52(37-24-12-10-22-35(37)36-23-11-13-25-38(36)52)40-30-31-44(49(56)46(40)53)57(51)50(54-48)33-18-6-2-7-19-33/h1-31H. The second-order valence-corrected chi connectivity index (χ2v) is 15.8. The molecule has 10 aromatic rings. The molecule has 1 spiro atoms. The number of imidazole rings is 2. The molecule has 5 heteroatoms. The van der Waals surface area contributed by atoms with E-state index in [9.17, 15) is 0 Å². The van der Waals surface area contributed by atoms with E-state index in [0.717, 1.165) is 34.0 Å². The van der Waals surface area contributed by atoms with Crippen LogP contribution in [0.4, 0.5) is 17.1 Å². The minimum absolute atomic E-state index is 0.0343. The van der Waals surface area contributed by atoms with E-state index in [1.165, 1.54) is 77.9 Å². The third-order valence-corrected chi connectivity index (χ3v) is 13.3. The minimum atomic E-state index is -0.517. The van der Waals surface area contributed by atoms with Crippen LogP contribution in [0.25, 0.3) is 56.1 Å². The van der Waals surface area contributed by atoms with Crippen molar-refractivity contribution in [2.75, 3.05) is 4.90 Å². The Hall–Kier alpha value is -7.37. The van der Waals surface area contributed by atoms with Crippen LogP contribution in [-0.4, -0.2) is 20.7 Å². The third-order valence-electron chi connectivity index (χ3n) is 13.3. The van der Waals surface area contributed by atoms with Gasteiger partial charge in [-0.3, -0.25) is 8.97 Å². The van der Waals surface area contributed by atoms with Crippen molar-refractivity contribution in [3.8, 4) is 39.5 Å². The molecule has 0 atom stereocenters. The summed E-state index contributed by atoms with van der Waals surface area (Å²) in [5.74, 6) is 0.952. The Morgan fingerprint density at radius 1 is 0.439 bits per heavy atom. The predicted molar refractivity (Wildman–Crippen MR) is 233 cm³/mol. The maximum absolute atomic E-state index is 5.55. The Labute approximate surface area is 329 Å². The smallest absolute Gasteiger partial charge is 0.253 e. The van der Waals surface area contributed by atoms with Gasteiger partial charge in [0.2, 0.25) is 0 Å². The number of hydrogen-bond acceptors (Lipinski definition) is 2. The number of benzene rings is 8. The first kappa shape index (κ1) is 29.9. The lowest BCUT2D eigenvalue weighted by Crippen LogP contribution is -2.67. The quantitative estimate of drug-likeness (QED) is 0.170. The average Bonchev–Trinajstić information content (AvgIpc) is 3.93. The van der Waals surface area contributed by atoms with Gasteiger partial charge in [-0.1, -0.05) is 152 Å². The molecule has 0 amide bonds. The minimum Gasteiger partial charge on any atom is -0.311 e. The SMILES string of the molecule is c1ccc(-c2nc(-c3ccccc3)n3c4ccc5c6c4n(c23)-c2cccc3c2B6c2c(cccc2C52c4ccccc4-c4ccccc42)N3c2ccccc2)cc1. The zero-order valence-corrected chi connectivity index (χ0v) is 30.8. The number of nitrogens with zero attached hydrogens (tertiary/aromatic N) is 4. The highest BCUT2D eigenvalue weighted by atomic mass is 15.2. The van der Waals surface area contributed by atoms with Crippen LogP contribution in [-0.2, 0) is 5.41 Å². The van der Waals surface area contributed by atoms with Crippen molar-refractivity contribution < 1.29 is 0 Å². The molecule has 3 aliphatic heterocycles. The van der Waals surface area contributed by atoms with Crippen molar-refractivity contribution in [3.05, 3.63) is 210 Å². The Kier molecular flexibility index (Phi) is 5.50. The van der Waals surface area contributed by atoms with Crippen molar-refractivity contribution in [2.24, 2.45) is 0 Å². The Morgan fingerprint density at radius 3 is 1.72 bits per heavy atom. The van der Waals surface area contributed by atoms with E-state index in [0.29, 0.717) is 0 Å². The van der Waals surface area contributed by atoms with Gasteiger partial charge in [-0.2, -0.15) is 0 Å². The number of aromatic nitrogens is 3. The highest BCUT2D eigenvalue weighted by Crippen LogP contribution is 2.58. The molecule has 0 bridgehead atoms. The van der Waals surface area contributed by atoms with Crippen LogP contribution in [0.2, 0.25) is 0 Å². The first-order valence-electron chi connectivity index (χ1n) is 19.9. The summed E-state index contributed by atoms with van der Waals surface area (Å²) >= 11 is 0. The van der Waals surface area contributed by atoms with E-state index in [4.69, 9.17) is 4.98 Å². The summed E-state index contributed by atoms with van der Waals surface area (Å²) in [6.45, 7) is 0.0343.